The molecule has 7 heteroatoms. The maximum atomic E-state index is 12.9. The Labute approximate surface area is 94.4 Å². The van der Waals surface area contributed by atoms with Crippen molar-refractivity contribution in [2.45, 2.75) is 0 Å². The van der Waals surface area contributed by atoms with Gasteiger partial charge in [0.1, 0.15) is 10.5 Å². The molecule has 0 aliphatic carbocycles. The lowest BCUT2D eigenvalue weighted by molar-refractivity contribution is 0.606. The van der Waals surface area contributed by atoms with Gasteiger partial charge in [-0.1, -0.05) is 27.5 Å². The van der Waals surface area contributed by atoms with Gasteiger partial charge in [0, 0.05) is 0 Å². The summed E-state index contributed by atoms with van der Waals surface area (Å²) in [5.41, 5.74) is 0.145. The zero-order valence-corrected chi connectivity index (χ0v) is 9.96. The molecule has 1 aromatic carbocycles. The summed E-state index contributed by atoms with van der Waals surface area (Å²) in [5, 5.41) is -0.0493. The average molecular weight is 303 g/mol. The minimum absolute atomic E-state index is 0.0493. The molecule has 0 radical (unpaired) electrons. The number of nitrogens with one attached hydrogen (secondary N) is 1. The Morgan fingerprint density at radius 2 is 2.14 bits per heavy atom. The number of hydrogen-bond acceptors (Lipinski definition) is 2. The third-order valence-corrected chi connectivity index (χ3v) is 4.29. The van der Waals surface area contributed by atoms with Gasteiger partial charge in [0.15, 0.2) is 0 Å². The SMILES string of the molecule is O=S(=O)(CBr)Nc1ccc(Cl)c(F)c1. The van der Waals surface area contributed by atoms with Crippen LogP contribution in [0.2, 0.25) is 5.02 Å². The van der Waals surface area contributed by atoms with Crippen molar-refractivity contribution in [3.8, 4) is 0 Å². The van der Waals surface area contributed by atoms with E-state index in [2.05, 4.69) is 20.7 Å². The molecule has 0 spiro atoms. The molecule has 0 saturated heterocycles. The number of rotatable bonds is 3. The Morgan fingerprint density at radius 1 is 1.50 bits per heavy atom. The third-order valence-electron chi connectivity index (χ3n) is 1.34. The zero-order chi connectivity index (χ0) is 10.8. The maximum absolute atomic E-state index is 12.9. The Balaban J connectivity index is 2.94. The quantitative estimate of drug-likeness (QED) is 0.872. The first-order chi connectivity index (χ1) is 6.44. The molecule has 0 aromatic heterocycles. The van der Waals surface area contributed by atoms with E-state index in [0.29, 0.717) is 0 Å². The van der Waals surface area contributed by atoms with Gasteiger partial charge in [-0.2, -0.15) is 0 Å². The number of benzene rings is 1. The van der Waals surface area contributed by atoms with Crippen molar-refractivity contribution in [3.05, 3.63) is 29.0 Å². The second kappa shape index (κ2) is 4.46. The lowest BCUT2D eigenvalue weighted by atomic mass is 10.3. The van der Waals surface area contributed by atoms with E-state index in [0.717, 1.165) is 6.07 Å². The predicted molar refractivity (Wildman–Crippen MR) is 57.7 cm³/mol. The van der Waals surface area contributed by atoms with Gasteiger partial charge in [0.2, 0.25) is 10.0 Å². The molecule has 0 bridgehead atoms. The lowest BCUT2D eigenvalue weighted by Gasteiger charge is -2.05. The summed E-state index contributed by atoms with van der Waals surface area (Å²) in [6.07, 6.45) is 0. The van der Waals surface area contributed by atoms with Gasteiger partial charge < -0.3 is 0 Å². The molecular formula is C7H6BrClFNO2S. The second-order valence-corrected chi connectivity index (χ2v) is 5.89. The van der Waals surface area contributed by atoms with Crippen LogP contribution >= 0.6 is 27.5 Å². The highest BCUT2D eigenvalue weighted by Gasteiger charge is 2.09. The molecule has 0 heterocycles. The largest absolute Gasteiger partial charge is 0.283 e. The highest BCUT2D eigenvalue weighted by molar-refractivity contribution is 9.10. The summed E-state index contributed by atoms with van der Waals surface area (Å²) in [6, 6.07) is 3.68. The smallest absolute Gasteiger partial charge is 0.242 e. The van der Waals surface area contributed by atoms with E-state index in [1.54, 1.807) is 0 Å². The van der Waals surface area contributed by atoms with Crippen molar-refractivity contribution in [2.75, 3.05) is 9.38 Å². The third kappa shape index (κ3) is 3.11. The molecule has 0 atom stereocenters. The van der Waals surface area contributed by atoms with Crippen LogP contribution < -0.4 is 4.72 Å². The second-order valence-electron chi connectivity index (χ2n) is 2.45. The molecule has 3 nitrogen and oxygen atoms in total. The van der Waals surface area contributed by atoms with Gasteiger partial charge in [-0.05, 0) is 18.2 Å². The van der Waals surface area contributed by atoms with E-state index in [-0.39, 0.29) is 15.4 Å². The monoisotopic (exact) mass is 301 g/mol. The highest BCUT2D eigenvalue weighted by atomic mass is 79.9. The first-order valence-electron chi connectivity index (χ1n) is 3.46. The van der Waals surface area contributed by atoms with E-state index in [4.69, 9.17) is 11.6 Å². The molecular weight excluding hydrogens is 297 g/mol. The van der Waals surface area contributed by atoms with Gasteiger partial charge in [-0.15, -0.1) is 0 Å². The number of sulfonamides is 1. The lowest BCUT2D eigenvalue weighted by Crippen LogP contribution is -2.13. The van der Waals surface area contributed by atoms with Crippen molar-refractivity contribution in [1.82, 2.24) is 0 Å². The van der Waals surface area contributed by atoms with Gasteiger partial charge in [0.25, 0.3) is 0 Å². The standard InChI is InChI=1S/C7H6BrClFNO2S/c8-4-14(12,13)11-5-1-2-6(9)7(10)3-5/h1-3,11H,4H2. The van der Waals surface area contributed by atoms with Crippen LogP contribution in [0.4, 0.5) is 10.1 Å². The Kier molecular flexibility index (Phi) is 3.74. The molecule has 1 N–H and O–H groups in total. The minimum atomic E-state index is -3.45. The summed E-state index contributed by atoms with van der Waals surface area (Å²) < 4.78 is 36.9. The van der Waals surface area contributed by atoms with Crippen LogP contribution in [0.5, 0.6) is 0 Å². The van der Waals surface area contributed by atoms with Crippen LogP contribution in [0.1, 0.15) is 0 Å². The molecule has 0 aliphatic heterocycles. The summed E-state index contributed by atoms with van der Waals surface area (Å²) in [6.45, 7) is 0. The highest BCUT2D eigenvalue weighted by Crippen LogP contribution is 2.19. The number of anilines is 1. The van der Waals surface area contributed by atoms with Crippen LogP contribution in [0.15, 0.2) is 18.2 Å². The molecule has 0 amide bonds. The van der Waals surface area contributed by atoms with E-state index < -0.39 is 15.8 Å². The molecule has 78 valence electrons. The average Bonchev–Trinajstić information content (AvgIpc) is 2.11. The van der Waals surface area contributed by atoms with Crippen molar-refractivity contribution in [3.63, 3.8) is 0 Å². The molecule has 0 aliphatic rings. The molecule has 1 rings (SSSR count). The summed E-state index contributed by atoms with van der Waals surface area (Å²) in [5.74, 6) is -0.665. The van der Waals surface area contributed by atoms with Gasteiger partial charge in [0.05, 0.1) is 10.7 Å². The van der Waals surface area contributed by atoms with Crippen molar-refractivity contribution in [1.29, 1.82) is 0 Å². The van der Waals surface area contributed by atoms with E-state index in [9.17, 15) is 12.8 Å². The predicted octanol–water partition coefficient (Wildman–Crippen LogP) is 2.57. The van der Waals surface area contributed by atoms with Crippen molar-refractivity contribution < 1.29 is 12.8 Å². The zero-order valence-electron chi connectivity index (χ0n) is 6.80. The fourth-order valence-electron chi connectivity index (χ4n) is 0.766. The van der Waals surface area contributed by atoms with E-state index in [1.807, 2.05) is 0 Å². The Bertz CT molecular complexity index is 437. The van der Waals surface area contributed by atoms with Crippen LogP contribution in [0.3, 0.4) is 0 Å². The fraction of sp³-hybridized carbons (Fsp3) is 0.143. The van der Waals surface area contributed by atoms with Crippen LogP contribution in [-0.2, 0) is 10.0 Å². The summed E-state index contributed by atoms with van der Waals surface area (Å²) >= 11 is 8.22. The number of alkyl halides is 1. The minimum Gasteiger partial charge on any atom is -0.283 e. The first kappa shape index (κ1) is 11.7. The van der Waals surface area contributed by atoms with Crippen LogP contribution in [0.25, 0.3) is 0 Å². The first-order valence-corrected chi connectivity index (χ1v) is 6.61. The topological polar surface area (TPSA) is 46.2 Å². The number of halogens is 3. The van der Waals surface area contributed by atoms with Gasteiger partial charge in [-0.25, -0.2) is 12.8 Å². The molecule has 0 fully saturated rings. The van der Waals surface area contributed by atoms with Gasteiger partial charge in [-0.3, -0.25) is 4.72 Å². The molecule has 0 unspecified atom stereocenters. The number of hydrogen-bond donors (Lipinski definition) is 1. The van der Waals surface area contributed by atoms with E-state index >= 15 is 0 Å². The molecule has 0 saturated carbocycles. The Morgan fingerprint density at radius 3 is 2.64 bits per heavy atom. The molecule has 14 heavy (non-hydrogen) atoms. The van der Waals surface area contributed by atoms with E-state index in [1.165, 1.54) is 12.1 Å². The Hall–Kier alpha value is -0.330. The van der Waals surface area contributed by atoms with Crippen molar-refractivity contribution >= 4 is 43.2 Å². The maximum Gasteiger partial charge on any atom is 0.242 e. The normalized spacial score (nSPS) is 11.4. The van der Waals surface area contributed by atoms with Crippen molar-refractivity contribution in [2.24, 2.45) is 0 Å². The fourth-order valence-corrected chi connectivity index (χ4v) is 1.77. The van der Waals surface area contributed by atoms with Crippen LogP contribution in [0, 0.1) is 5.82 Å². The van der Waals surface area contributed by atoms with Gasteiger partial charge >= 0.3 is 0 Å². The molecule has 1 aromatic rings. The summed E-state index contributed by atoms with van der Waals surface area (Å²) in [7, 11) is -3.45. The summed E-state index contributed by atoms with van der Waals surface area (Å²) in [4.78, 5) is 0. The van der Waals surface area contributed by atoms with Crippen LogP contribution in [-0.4, -0.2) is 13.1 Å².